The molecule has 4 aromatic rings. The number of esters is 1. The number of thiazole rings is 1. The van der Waals surface area contributed by atoms with Crippen LogP contribution in [0.1, 0.15) is 45.1 Å². The summed E-state index contributed by atoms with van der Waals surface area (Å²) in [5.74, 6) is 1.46. The molecule has 0 N–H and O–H groups in total. The van der Waals surface area contributed by atoms with Crippen LogP contribution in [0.3, 0.4) is 0 Å². The monoisotopic (exact) mass is 606 g/mol. The first-order chi connectivity index (χ1) is 18.7. The fraction of sp³-hybridized carbons (Fsp3) is 0.233. The van der Waals surface area contributed by atoms with Crippen molar-refractivity contribution in [2.75, 3.05) is 6.61 Å². The summed E-state index contributed by atoms with van der Waals surface area (Å²) in [5, 5.41) is 0. The highest BCUT2D eigenvalue weighted by Crippen LogP contribution is 2.32. The molecule has 1 aliphatic heterocycles. The zero-order valence-corrected chi connectivity index (χ0v) is 24.3. The van der Waals surface area contributed by atoms with E-state index in [2.05, 4.69) is 20.9 Å². The largest absolute Gasteiger partial charge is 0.494 e. The molecule has 2 aromatic heterocycles. The van der Waals surface area contributed by atoms with E-state index in [0.717, 1.165) is 15.6 Å². The summed E-state index contributed by atoms with van der Waals surface area (Å²) in [6.45, 7) is 7.81. The van der Waals surface area contributed by atoms with Crippen LogP contribution in [0, 0.1) is 0 Å². The second kappa shape index (κ2) is 11.2. The van der Waals surface area contributed by atoms with Crippen molar-refractivity contribution in [1.29, 1.82) is 0 Å². The summed E-state index contributed by atoms with van der Waals surface area (Å²) in [6, 6.07) is 18.2. The summed E-state index contributed by atoms with van der Waals surface area (Å²) in [7, 11) is 0. The first kappa shape index (κ1) is 26.9. The molecule has 1 atom stereocenters. The highest BCUT2D eigenvalue weighted by atomic mass is 79.9. The van der Waals surface area contributed by atoms with E-state index in [1.165, 1.54) is 11.3 Å². The van der Waals surface area contributed by atoms with E-state index >= 15 is 0 Å². The number of carbonyl (C=O) groups is 1. The molecule has 9 heteroatoms. The van der Waals surface area contributed by atoms with Gasteiger partial charge in [0.2, 0.25) is 0 Å². The zero-order chi connectivity index (χ0) is 27.7. The molecule has 3 heterocycles. The average molecular weight is 608 g/mol. The Morgan fingerprint density at radius 1 is 1.13 bits per heavy atom. The zero-order valence-electron chi connectivity index (χ0n) is 21.9. The SMILES string of the molecule is CCOc1ccc([C@@H]2C(C(=O)OC(C)C)=C(C)N=c3s/c(=C/c4ccc(-c5ccc(Br)cc5)o4)c(=O)n32)cc1. The van der Waals surface area contributed by atoms with Crippen LogP contribution in [-0.2, 0) is 9.53 Å². The van der Waals surface area contributed by atoms with Crippen molar-refractivity contribution in [3.63, 3.8) is 0 Å². The van der Waals surface area contributed by atoms with E-state index < -0.39 is 12.0 Å². The number of carbonyl (C=O) groups excluding carboxylic acids is 1. The van der Waals surface area contributed by atoms with Crippen LogP contribution in [0.25, 0.3) is 17.4 Å². The van der Waals surface area contributed by atoms with E-state index in [0.29, 0.717) is 44.5 Å². The summed E-state index contributed by atoms with van der Waals surface area (Å²) in [5.41, 5.74) is 2.28. The molecule has 0 amide bonds. The Morgan fingerprint density at radius 2 is 1.85 bits per heavy atom. The van der Waals surface area contributed by atoms with E-state index in [1.54, 1.807) is 31.4 Å². The molecule has 7 nitrogen and oxygen atoms in total. The van der Waals surface area contributed by atoms with E-state index in [9.17, 15) is 9.59 Å². The van der Waals surface area contributed by atoms with Gasteiger partial charge < -0.3 is 13.9 Å². The lowest BCUT2D eigenvalue weighted by Crippen LogP contribution is -2.40. The lowest BCUT2D eigenvalue weighted by Gasteiger charge is -2.25. The predicted octanol–water partition coefficient (Wildman–Crippen LogP) is 5.61. The van der Waals surface area contributed by atoms with E-state index in [1.807, 2.05) is 67.6 Å². The van der Waals surface area contributed by atoms with Crippen LogP contribution >= 0.6 is 27.3 Å². The number of fused-ring (bicyclic) bond motifs is 1. The number of furan rings is 1. The Bertz CT molecular complexity index is 1730. The number of halogens is 1. The Hall–Kier alpha value is -3.69. The van der Waals surface area contributed by atoms with Gasteiger partial charge in [0.15, 0.2) is 4.80 Å². The van der Waals surface area contributed by atoms with Gasteiger partial charge in [0.25, 0.3) is 5.56 Å². The topological polar surface area (TPSA) is 83.0 Å². The van der Waals surface area contributed by atoms with Gasteiger partial charge in [-0.25, -0.2) is 9.79 Å². The Kier molecular flexibility index (Phi) is 7.72. The van der Waals surface area contributed by atoms with Gasteiger partial charge in [0, 0.05) is 16.1 Å². The molecule has 0 bridgehead atoms. The van der Waals surface area contributed by atoms with Crippen molar-refractivity contribution in [2.24, 2.45) is 4.99 Å². The third kappa shape index (κ3) is 5.55. The number of aromatic nitrogens is 1. The second-order valence-corrected chi connectivity index (χ2v) is 11.2. The number of allylic oxidation sites excluding steroid dienone is 1. The predicted molar refractivity (Wildman–Crippen MR) is 154 cm³/mol. The van der Waals surface area contributed by atoms with Crippen LogP contribution in [0.4, 0.5) is 0 Å². The van der Waals surface area contributed by atoms with Gasteiger partial charge in [-0.1, -0.05) is 51.5 Å². The molecule has 0 unspecified atom stereocenters. The van der Waals surface area contributed by atoms with Crippen molar-refractivity contribution in [2.45, 2.75) is 39.8 Å². The molecule has 0 fully saturated rings. The molecule has 0 saturated heterocycles. The quantitative estimate of drug-likeness (QED) is 0.255. The van der Waals surface area contributed by atoms with Crippen LogP contribution < -0.4 is 19.6 Å². The minimum atomic E-state index is -0.694. The van der Waals surface area contributed by atoms with Crippen molar-refractivity contribution in [3.8, 4) is 17.1 Å². The fourth-order valence-corrected chi connectivity index (χ4v) is 5.71. The van der Waals surface area contributed by atoms with Gasteiger partial charge in [0.05, 0.1) is 34.6 Å². The normalized spacial score (nSPS) is 15.3. The van der Waals surface area contributed by atoms with Gasteiger partial charge >= 0.3 is 5.97 Å². The smallest absolute Gasteiger partial charge is 0.338 e. The van der Waals surface area contributed by atoms with Gasteiger partial charge in [-0.2, -0.15) is 0 Å². The summed E-state index contributed by atoms with van der Waals surface area (Å²) in [6.07, 6.45) is 1.40. The van der Waals surface area contributed by atoms with E-state index in [4.69, 9.17) is 13.9 Å². The highest BCUT2D eigenvalue weighted by molar-refractivity contribution is 9.10. The molecular weight excluding hydrogens is 580 g/mol. The second-order valence-electron chi connectivity index (χ2n) is 9.25. The minimum absolute atomic E-state index is 0.262. The Balaban J connectivity index is 1.61. The molecule has 200 valence electrons. The maximum Gasteiger partial charge on any atom is 0.338 e. The lowest BCUT2D eigenvalue weighted by molar-refractivity contribution is -0.143. The van der Waals surface area contributed by atoms with Gasteiger partial charge in [0.1, 0.15) is 17.3 Å². The van der Waals surface area contributed by atoms with Crippen molar-refractivity contribution in [3.05, 3.63) is 107 Å². The van der Waals surface area contributed by atoms with Crippen LogP contribution in [-0.4, -0.2) is 23.2 Å². The number of benzene rings is 2. The minimum Gasteiger partial charge on any atom is -0.494 e. The van der Waals surface area contributed by atoms with Crippen LogP contribution in [0.2, 0.25) is 0 Å². The number of ether oxygens (including phenoxy) is 2. The first-order valence-corrected chi connectivity index (χ1v) is 14.2. The molecule has 0 saturated carbocycles. The summed E-state index contributed by atoms with van der Waals surface area (Å²) >= 11 is 4.70. The van der Waals surface area contributed by atoms with Crippen molar-refractivity contribution < 1.29 is 18.7 Å². The number of hydrogen-bond donors (Lipinski definition) is 0. The highest BCUT2D eigenvalue weighted by Gasteiger charge is 2.33. The number of nitrogens with zero attached hydrogens (tertiary/aromatic N) is 2. The summed E-state index contributed by atoms with van der Waals surface area (Å²) in [4.78, 5) is 32.2. The Morgan fingerprint density at radius 3 is 2.51 bits per heavy atom. The van der Waals surface area contributed by atoms with Crippen molar-refractivity contribution >= 4 is 39.3 Å². The maximum atomic E-state index is 13.8. The Labute approximate surface area is 237 Å². The molecule has 0 aliphatic carbocycles. The third-order valence-corrected chi connectivity index (χ3v) is 7.63. The molecular formula is C30H27BrN2O5S. The molecule has 39 heavy (non-hydrogen) atoms. The van der Waals surface area contributed by atoms with Crippen LogP contribution in [0.5, 0.6) is 5.75 Å². The van der Waals surface area contributed by atoms with Gasteiger partial charge in [-0.15, -0.1) is 0 Å². The third-order valence-electron chi connectivity index (χ3n) is 6.12. The fourth-order valence-electron chi connectivity index (χ4n) is 4.42. The van der Waals surface area contributed by atoms with Gasteiger partial charge in [-0.3, -0.25) is 9.36 Å². The standard InChI is InChI=1S/C30H27BrN2O5S/c1-5-36-22-12-8-20(9-13-22)27-26(29(35)37-17(2)3)18(4)32-30-33(27)28(34)25(39-30)16-23-14-15-24(38-23)19-6-10-21(31)11-7-19/h6-17,27H,5H2,1-4H3/b25-16+/t27-/m1/s1. The van der Waals surface area contributed by atoms with E-state index in [-0.39, 0.29) is 11.7 Å². The first-order valence-electron chi connectivity index (χ1n) is 12.6. The molecule has 5 rings (SSSR count). The number of hydrogen-bond acceptors (Lipinski definition) is 7. The van der Waals surface area contributed by atoms with Gasteiger partial charge in [-0.05, 0) is 69.7 Å². The molecule has 1 aliphatic rings. The number of rotatable bonds is 7. The lowest BCUT2D eigenvalue weighted by atomic mass is 9.96. The summed E-state index contributed by atoms with van der Waals surface area (Å²) < 4.78 is 20.2. The molecule has 0 radical (unpaired) electrons. The molecule has 2 aromatic carbocycles. The van der Waals surface area contributed by atoms with Crippen molar-refractivity contribution in [1.82, 2.24) is 4.57 Å². The van der Waals surface area contributed by atoms with Crippen LogP contribution in [0.15, 0.2) is 90.6 Å². The molecule has 0 spiro atoms. The maximum absolute atomic E-state index is 13.8. The average Bonchev–Trinajstić information content (AvgIpc) is 3.48.